The van der Waals surface area contributed by atoms with Gasteiger partial charge in [-0.1, -0.05) is 92.5 Å². The van der Waals surface area contributed by atoms with Crippen LogP contribution in [-0.2, 0) is 18.2 Å². The molecule has 2 atom stereocenters. The van der Waals surface area contributed by atoms with Gasteiger partial charge in [0.1, 0.15) is 11.5 Å². The van der Waals surface area contributed by atoms with Gasteiger partial charge in [-0.3, -0.25) is 9.59 Å². The lowest BCUT2D eigenvalue weighted by atomic mass is 9.54. The molecule has 8 rings (SSSR count). The first kappa shape index (κ1) is 23.9. The molecule has 1 saturated heterocycles. The predicted molar refractivity (Wildman–Crippen MR) is 154 cm³/mol. The summed E-state index contributed by atoms with van der Waals surface area (Å²) < 4.78 is 4.52. The number of alkyl halides is 2. The Bertz CT molecular complexity index is 1540. The van der Waals surface area contributed by atoms with Gasteiger partial charge in [0, 0.05) is 0 Å². The second kappa shape index (κ2) is 8.14. The molecule has 0 aromatic heterocycles. The molecule has 3 aliphatic carbocycles. The zero-order valence-corrected chi connectivity index (χ0v) is 23.9. The number of anilines is 1. The Balaban J connectivity index is 1.31. The Morgan fingerprint density at radius 3 is 1.61 bits per heavy atom. The van der Waals surface area contributed by atoms with Gasteiger partial charge in [0.25, 0.3) is 0 Å². The lowest BCUT2D eigenvalue weighted by molar-refractivity contribution is -0.122. The maximum absolute atomic E-state index is 14.2. The number of benzene rings is 4. The highest BCUT2D eigenvalue weighted by atomic mass is 79.9. The third-order valence-corrected chi connectivity index (χ3v) is 11.2. The van der Waals surface area contributed by atoms with Crippen molar-refractivity contribution in [1.82, 2.24) is 0 Å². The predicted octanol–water partition coefficient (Wildman–Crippen LogP) is 7.51. The van der Waals surface area contributed by atoms with Crippen LogP contribution >= 0.6 is 31.9 Å². The van der Waals surface area contributed by atoms with Crippen LogP contribution in [0.4, 0.5) is 5.69 Å². The van der Waals surface area contributed by atoms with Crippen LogP contribution in [0, 0.1) is 25.7 Å². The molecule has 4 aromatic rings. The minimum absolute atomic E-state index is 0.201. The highest BCUT2D eigenvalue weighted by molar-refractivity contribution is 9.10. The summed E-state index contributed by atoms with van der Waals surface area (Å²) >= 11 is 8.10. The normalized spacial score (nSPS) is 26.7. The van der Waals surface area contributed by atoms with Gasteiger partial charge in [0.2, 0.25) is 11.8 Å². The van der Waals surface area contributed by atoms with E-state index in [-0.39, 0.29) is 11.8 Å². The molecule has 1 heterocycles. The fourth-order valence-electron chi connectivity index (χ4n) is 6.55. The quantitative estimate of drug-likeness (QED) is 0.174. The van der Waals surface area contributed by atoms with Crippen molar-refractivity contribution in [2.45, 2.75) is 22.5 Å². The smallest absolute Gasteiger partial charge is 0.239 e. The Labute approximate surface area is 237 Å². The van der Waals surface area contributed by atoms with Crippen LogP contribution in [0.3, 0.4) is 0 Å². The van der Waals surface area contributed by atoms with Crippen molar-refractivity contribution in [2.75, 3.05) is 4.90 Å². The van der Waals surface area contributed by atoms with E-state index in [9.17, 15) is 9.59 Å². The molecule has 1 aliphatic heterocycles. The van der Waals surface area contributed by atoms with Crippen LogP contribution < -0.4 is 9.64 Å². The fraction of sp³-hybridized carbons (Fsp3) is 0.188. The van der Waals surface area contributed by atoms with E-state index in [2.05, 4.69) is 56.1 Å². The fourth-order valence-corrected chi connectivity index (χ4v) is 8.85. The highest BCUT2D eigenvalue weighted by Gasteiger charge is 2.72. The summed E-state index contributed by atoms with van der Waals surface area (Å²) in [6.07, 6.45) is 0. The molecule has 38 heavy (non-hydrogen) atoms. The van der Waals surface area contributed by atoms with Crippen molar-refractivity contribution in [3.8, 4) is 11.5 Å². The second-order valence-electron chi connectivity index (χ2n) is 10.3. The minimum Gasteiger partial charge on any atom is -0.457 e. The van der Waals surface area contributed by atoms with E-state index < -0.39 is 20.5 Å². The number of halogens is 2. The van der Waals surface area contributed by atoms with Crippen molar-refractivity contribution < 1.29 is 14.3 Å². The monoisotopic (exact) mass is 627 g/mol. The van der Waals surface area contributed by atoms with Crippen LogP contribution in [0.15, 0.2) is 91.0 Å². The summed E-state index contributed by atoms with van der Waals surface area (Å²) in [7, 11) is 0. The van der Waals surface area contributed by atoms with Crippen LogP contribution in [0.1, 0.15) is 33.4 Å². The summed E-state index contributed by atoms with van der Waals surface area (Å²) in [5, 5.41) is 0. The van der Waals surface area contributed by atoms with Crippen molar-refractivity contribution >= 4 is 49.4 Å². The molecule has 0 N–H and O–H groups in total. The van der Waals surface area contributed by atoms with E-state index in [4.69, 9.17) is 4.74 Å². The van der Waals surface area contributed by atoms with Crippen molar-refractivity contribution in [2.24, 2.45) is 11.8 Å². The Morgan fingerprint density at radius 2 is 1.13 bits per heavy atom. The summed E-state index contributed by atoms with van der Waals surface area (Å²) in [5.41, 5.74) is 6.87. The number of hydrogen-bond acceptors (Lipinski definition) is 3. The van der Waals surface area contributed by atoms with Crippen LogP contribution in [0.5, 0.6) is 11.5 Å². The van der Waals surface area contributed by atoms with Gasteiger partial charge in [0.15, 0.2) is 0 Å². The van der Waals surface area contributed by atoms with Gasteiger partial charge < -0.3 is 4.74 Å². The Morgan fingerprint density at radius 1 is 0.658 bits per heavy atom. The molecular formula is C32H23Br2NO3. The average molecular weight is 629 g/mol. The summed E-state index contributed by atoms with van der Waals surface area (Å²) in [5.74, 6) is -0.157. The number of amides is 2. The first-order chi connectivity index (χ1) is 18.3. The third kappa shape index (κ3) is 2.90. The lowest BCUT2D eigenvalue weighted by Gasteiger charge is -2.55. The van der Waals surface area contributed by atoms with Crippen LogP contribution in [-0.4, -0.2) is 11.8 Å². The third-order valence-electron chi connectivity index (χ3n) is 8.46. The molecule has 6 heteroatoms. The zero-order chi connectivity index (χ0) is 26.4. The van der Waals surface area contributed by atoms with Crippen molar-refractivity contribution in [3.05, 3.63) is 124 Å². The summed E-state index contributed by atoms with van der Waals surface area (Å²) in [6.45, 7) is 4.07. The number of ether oxygens (including phenoxy) is 1. The summed E-state index contributed by atoms with van der Waals surface area (Å²) in [6, 6.07) is 29.4. The van der Waals surface area contributed by atoms with E-state index in [1.165, 1.54) is 4.90 Å². The number of carbonyl (C=O) groups is 2. The molecule has 188 valence electrons. The molecule has 4 aromatic carbocycles. The first-order valence-electron chi connectivity index (χ1n) is 12.6. The molecule has 1 fully saturated rings. The van der Waals surface area contributed by atoms with E-state index in [0.717, 1.165) is 39.1 Å². The largest absolute Gasteiger partial charge is 0.457 e. The molecule has 2 amide bonds. The Hall–Kier alpha value is -3.22. The first-order valence-corrected chi connectivity index (χ1v) is 14.2. The minimum atomic E-state index is -0.798. The number of rotatable bonds is 3. The van der Waals surface area contributed by atoms with Gasteiger partial charge in [-0.05, 0) is 77.6 Å². The SMILES string of the molecule is Cc1cccc(Oc2ccc(N3C(=O)[C@@H]4[C@H](C3=O)C3(Br)c5ccccc5C4(Br)c4ccccc43)cc2)c1C. The van der Waals surface area contributed by atoms with Gasteiger partial charge in [-0.2, -0.15) is 0 Å². The van der Waals surface area contributed by atoms with Crippen LogP contribution in [0.2, 0.25) is 0 Å². The average Bonchev–Trinajstić information content (AvgIpc) is 3.21. The Kier molecular flexibility index (Phi) is 5.11. The van der Waals surface area contributed by atoms with Gasteiger partial charge in [0.05, 0.1) is 26.2 Å². The molecule has 0 spiro atoms. The molecule has 0 radical (unpaired) electrons. The number of aryl methyl sites for hydroxylation is 1. The van der Waals surface area contributed by atoms with Crippen LogP contribution in [0.25, 0.3) is 0 Å². The lowest BCUT2D eigenvalue weighted by Crippen LogP contribution is -2.56. The molecule has 4 aliphatic rings. The zero-order valence-electron chi connectivity index (χ0n) is 20.7. The maximum atomic E-state index is 14.2. The van der Waals surface area contributed by atoms with E-state index in [1.807, 2.05) is 68.4 Å². The number of imide groups is 1. The van der Waals surface area contributed by atoms with Crippen molar-refractivity contribution in [1.29, 1.82) is 0 Å². The number of carbonyl (C=O) groups excluding carboxylic acids is 2. The number of hydrogen-bond donors (Lipinski definition) is 0. The molecule has 4 nitrogen and oxygen atoms in total. The van der Waals surface area contributed by atoms with E-state index >= 15 is 0 Å². The van der Waals surface area contributed by atoms with Gasteiger partial charge >= 0.3 is 0 Å². The number of nitrogens with zero attached hydrogens (tertiary/aromatic N) is 1. The molecule has 0 unspecified atom stereocenters. The van der Waals surface area contributed by atoms with E-state index in [1.54, 1.807) is 12.1 Å². The summed E-state index contributed by atoms with van der Waals surface area (Å²) in [4.78, 5) is 29.7. The van der Waals surface area contributed by atoms with Gasteiger partial charge in [-0.25, -0.2) is 4.90 Å². The topological polar surface area (TPSA) is 46.6 Å². The highest BCUT2D eigenvalue weighted by Crippen LogP contribution is 2.70. The van der Waals surface area contributed by atoms with Gasteiger partial charge in [-0.15, -0.1) is 0 Å². The molecule has 0 saturated carbocycles. The second-order valence-corrected chi connectivity index (χ2v) is 12.8. The van der Waals surface area contributed by atoms with E-state index in [0.29, 0.717) is 11.4 Å². The maximum Gasteiger partial charge on any atom is 0.239 e. The standard InChI is InChI=1S/C32H23Br2NO3/c1-18-8-7-13-26(19(18)2)38-21-16-14-20(15-17-21)35-29(36)27-28(30(35)37)32(34)23-10-4-3-9-22(23)31(27,33)24-11-5-6-12-25(24)32/h3-17,27-28H,1-2H3/t27-,28+,31?,32?. The van der Waals surface area contributed by atoms with Crippen molar-refractivity contribution in [3.63, 3.8) is 0 Å². The molecule has 2 bridgehead atoms. The molecular weight excluding hydrogens is 606 g/mol.